The van der Waals surface area contributed by atoms with Crippen LogP contribution in [0, 0.1) is 0 Å². The fourth-order valence-electron chi connectivity index (χ4n) is 2.30. The van der Waals surface area contributed by atoms with Crippen LogP contribution in [-0.4, -0.2) is 71.8 Å². The number of pyridine rings is 1. The van der Waals surface area contributed by atoms with Crippen molar-refractivity contribution in [3.63, 3.8) is 0 Å². The van der Waals surface area contributed by atoms with E-state index in [0.29, 0.717) is 56.2 Å². The van der Waals surface area contributed by atoms with Crippen LogP contribution in [0.4, 0.5) is 4.79 Å². The zero-order chi connectivity index (χ0) is 19.2. The number of nitrogens with zero attached hydrogens (tertiary/aromatic N) is 4. The second-order valence-corrected chi connectivity index (χ2v) is 7.29. The number of carbonyl (C=O) groups is 1. The van der Waals surface area contributed by atoms with Crippen LogP contribution in [0.1, 0.15) is 20.8 Å². The van der Waals surface area contributed by atoms with E-state index >= 15 is 0 Å². The normalized spacial score (nSPS) is 15.2. The van der Waals surface area contributed by atoms with Crippen LogP contribution in [0.25, 0.3) is 0 Å². The molecule has 1 aromatic rings. The van der Waals surface area contributed by atoms with Gasteiger partial charge in [0, 0.05) is 38.4 Å². The molecule has 0 unspecified atom stereocenters. The standard InChI is InChI=1S/C17H26ClN5O3.HI/c1-17(2,3)26-16(24)23-9-7-22(8-10-23)15(19)20-6-11-25-14-5-4-13(18)12-21-14;/h4-5,12H,6-11H2,1-3H3,(H2,19,20);1H. The molecule has 0 spiro atoms. The molecule has 0 bridgehead atoms. The van der Waals surface area contributed by atoms with Crippen LogP contribution in [0.5, 0.6) is 5.88 Å². The van der Waals surface area contributed by atoms with Crippen molar-refractivity contribution < 1.29 is 14.3 Å². The number of aromatic nitrogens is 1. The Morgan fingerprint density at radius 2 is 1.89 bits per heavy atom. The minimum Gasteiger partial charge on any atom is -0.476 e. The molecule has 2 heterocycles. The van der Waals surface area contributed by atoms with Gasteiger partial charge in [-0.25, -0.2) is 14.8 Å². The summed E-state index contributed by atoms with van der Waals surface area (Å²) in [5, 5.41) is 0.560. The van der Waals surface area contributed by atoms with Gasteiger partial charge < -0.3 is 25.0 Å². The van der Waals surface area contributed by atoms with E-state index in [1.54, 1.807) is 17.0 Å². The second-order valence-electron chi connectivity index (χ2n) is 6.86. The lowest BCUT2D eigenvalue weighted by molar-refractivity contribution is 0.0186. The van der Waals surface area contributed by atoms with Crippen LogP contribution in [0.3, 0.4) is 0 Å². The Kier molecular flexibility index (Phi) is 9.37. The van der Waals surface area contributed by atoms with Crippen LogP contribution < -0.4 is 10.5 Å². The molecule has 1 fully saturated rings. The summed E-state index contributed by atoms with van der Waals surface area (Å²) in [6.07, 6.45) is 1.23. The maximum absolute atomic E-state index is 12.0. The van der Waals surface area contributed by atoms with E-state index < -0.39 is 5.60 Å². The molecule has 10 heteroatoms. The monoisotopic (exact) mass is 511 g/mol. The number of carbonyl (C=O) groups excluding carboxylic acids is 1. The molecule has 2 N–H and O–H groups in total. The molecule has 0 radical (unpaired) electrons. The van der Waals surface area contributed by atoms with E-state index in [4.69, 9.17) is 26.8 Å². The zero-order valence-electron chi connectivity index (χ0n) is 15.9. The molecule has 0 saturated carbocycles. The average Bonchev–Trinajstić information content (AvgIpc) is 2.59. The van der Waals surface area contributed by atoms with Gasteiger partial charge in [-0.1, -0.05) is 11.6 Å². The highest BCUT2D eigenvalue weighted by atomic mass is 127. The van der Waals surface area contributed by atoms with E-state index in [1.165, 1.54) is 6.20 Å². The fourth-order valence-corrected chi connectivity index (χ4v) is 2.41. The number of halogens is 2. The van der Waals surface area contributed by atoms with Gasteiger partial charge in [0.2, 0.25) is 5.88 Å². The molecule has 1 saturated heterocycles. The number of amides is 1. The fraction of sp³-hybridized carbons (Fsp3) is 0.588. The first-order valence-electron chi connectivity index (χ1n) is 8.52. The Morgan fingerprint density at radius 3 is 2.44 bits per heavy atom. The van der Waals surface area contributed by atoms with Crippen LogP contribution in [0.15, 0.2) is 23.3 Å². The van der Waals surface area contributed by atoms with Gasteiger partial charge >= 0.3 is 6.09 Å². The first-order chi connectivity index (χ1) is 12.2. The minimum atomic E-state index is -0.492. The molecule has 0 aliphatic carbocycles. The van der Waals surface area contributed by atoms with Gasteiger partial charge in [-0.05, 0) is 26.8 Å². The zero-order valence-corrected chi connectivity index (χ0v) is 18.9. The van der Waals surface area contributed by atoms with Crippen molar-refractivity contribution >= 4 is 47.6 Å². The van der Waals surface area contributed by atoms with E-state index in [-0.39, 0.29) is 30.1 Å². The Hall–Kier alpha value is -1.49. The smallest absolute Gasteiger partial charge is 0.410 e. The summed E-state index contributed by atoms with van der Waals surface area (Å²) >= 11 is 5.77. The third-order valence-corrected chi connectivity index (χ3v) is 3.79. The van der Waals surface area contributed by atoms with Gasteiger partial charge in [0.15, 0.2) is 5.96 Å². The number of rotatable bonds is 4. The van der Waals surface area contributed by atoms with Crippen molar-refractivity contribution in [3.05, 3.63) is 23.4 Å². The minimum absolute atomic E-state index is 0. The van der Waals surface area contributed by atoms with Gasteiger partial charge in [-0.2, -0.15) is 0 Å². The van der Waals surface area contributed by atoms with Crippen LogP contribution in [-0.2, 0) is 4.74 Å². The number of aliphatic imine (C=N–C) groups is 1. The highest BCUT2D eigenvalue weighted by Crippen LogP contribution is 2.12. The third-order valence-electron chi connectivity index (χ3n) is 3.57. The first kappa shape index (κ1) is 23.5. The lowest BCUT2D eigenvalue weighted by Crippen LogP contribution is -2.53. The number of ether oxygens (including phenoxy) is 2. The lowest BCUT2D eigenvalue weighted by Gasteiger charge is -2.36. The van der Waals surface area contributed by atoms with E-state index in [0.717, 1.165) is 0 Å². The third kappa shape index (κ3) is 8.37. The Labute approximate surface area is 182 Å². The quantitative estimate of drug-likeness (QED) is 0.289. The number of nitrogens with two attached hydrogens (primary N) is 1. The first-order valence-corrected chi connectivity index (χ1v) is 8.89. The summed E-state index contributed by atoms with van der Waals surface area (Å²) < 4.78 is 10.9. The summed E-state index contributed by atoms with van der Waals surface area (Å²) in [6.45, 7) is 8.69. The summed E-state index contributed by atoms with van der Waals surface area (Å²) in [6, 6.07) is 3.41. The van der Waals surface area contributed by atoms with Crippen molar-refractivity contribution in [2.24, 2.45) is 10.7 Å². The lowest BCUT2D eigenvalue weighted by atomic mass is 10.2. The summed E-state index contributed by atoms with van der Waals surface area (Å²) in [7, 11) is 0. The van der Waals surface area contributed by atoms with Crippen molar-refractivity contribution in [1.82, 2.24) is 14.8 Å². The Balaban J connectivity index is 0.00000364. The molecule has 1 aliphatic heterocycles. The molecule has 0 aromatic carbocycles. The van der Waals surface area contributed by atoms with Gasteiger partial charge in [0.05, 0.1) is 11.6 Å². The SMILES string of the molecule is CC(C)(C)OC(=O)N1CCN(C(N)=NCCOc2ccc(Cl)cn2)CC1.I. The van der Waals surface area contributed by atoms with Gasteiger partial charge in [0.1, 0.15) is 12.2 Å². The summed E-state index contributed by atoms with van der Waals surface area (Å²) in [5.74, 6) is 0.940. The van der Waals surface area contributed by atoms with E-state index in [1.807, 2.05) is 25.7 Å². The van der Waals surface area contributed by atoms with Crippen molar-refractivity contribution in [2.45, 2.75) is 26.4 Å². The Morgan fingerprint density at radius 1 is 1.26 bits per heavy atom. The molecule has 2 rings (SSSR count). The highest BCUT2D eigenvalue weighted by Gasteiger charge is 2.26. The van der Waals surface area contributed by atoms with Gasteiger partial charge in [0.25, 0.3) is 0 Å². The molecule has 0 atom stereocenters. The molecule has 27 heavy (non-hydrogen) atoms. The molecule has 1 aromatic heterocycles. The number of hydrogen-bond donors (Lipinski definition) is 1. The number of guanidine groups is 1. The average molecular weight is 512 g/mol. The van der Waals surface area contributed by atoms with Crippen molar-refractivity contribution in [2.75, 3.05) is 39.3 Å². The van der Waals surface area contributed by atoms with Crippen molar-refractivity contribution in [1.29, 1.82) is 0 Å². The van der Waals surface area contributed by atoms with Crippen molar-refractivity contribution in [3.8, 4) is 5.88 Å². The molecule has 1 aliphatic rings. The molecule has 152 valence electrons. The predicted molar refractivity (Wildman–Crippen MR) is 116 cm³/mol. The van der Waals surface area contributed by atoms with Crippen LogP contribution in [0.2, 0.25) is 5.02 Å². The molecular formula is C17H27ClIN5O3. The maximum Gasteiger partial charge on any atom is 0.410 e. The summed E-state index contributed by atoms with van der Waals surface area (Å²) in [5.41, 5.74) is 5.53. The Bertz CT molecular complexity index is 628. The number of hydrogen-bond acceptors (Lipinski definition) is 5. The topological polar surface area (TPSA) is 93.3 Å². The molecule has 1 amide bonds. The summed E-state index contributed by atoms with van der Waals surface area (Å²) in [4.78, 5) is 24.0. The maximum atomic E-state index is 12.0. The predicted octanol–water partition coefficient (Wildman–Crippen LogP) is 2.60. The molecule has 8 nitrogen and oxygen atoms in total. The van der Waals surface area contributed by atoms with E-state index in [9.17, 15) is 4.79 Å². The van der Waals surface area contributed by atoms with Gasteiger partial charge in [-0.15, -0.1) is 24.0 Å². The molecular weight excluding hydrogens is 485 g/mol. The van der Waals surface area contributed by atoms with E-state index in [2.05, 4.69) is 9.98 Å². The number of piperazine rings is 1. The van der Waals surface area contributed by atoms with Crippen LogP contribution >= 0.6 is 35.6 Å². The van der Waals surface area contributed by atoms with Gasteiger partial charge in [-0.3, -0.25) is 0 Å². The largest absolute Gasteiger partial charge is 0.476 e. The second kappa shape index (κ2) is 10.7. The highest BCUT2D eigenvalue weighted by molar-refractivity contribution is 14.0.